The Kier molecular flexibility index (Phi) is 11.8. The minimum absolute atomic E-state index is 0.000305. The maximum atomic E-state index is 13.5. The van der Waals surface area contributed by atoms with Crippen molar-refractivity contribution < 1.29 is 77.5 Å². The molecule has 0 aliphatic carbocycles. The standard InChI is InChI=1S/C41H47N3O18/c1-15-20(34(51)43-24-26(45)18-10-8-16(12-21(18)59-36(24)53)57-38-30(49)28(47)32(55-6)40(2,3)61-38)14-42-23(15)35(52)44-25-27(46)19-11-9-17(13-22(19)60-37(25)54)58-39-31(50)29(48)33(56-7)41(4,5)62-39/h8-15,23,28-33,38-39,42,45-50H,1-7H3,(H,43,51)(H,44,52)/t15?,23?,28-,29-,30+,31+,32+,33+,38+,39+/m0/s1. The maximum Gasteiger partial charge on any atom is 0.364 e. The van der Waals surface area contributed by atoms with Crippen LogP contribution < -0.4 is 36.7 Å². The van der Waals surface area contributed by atoms with E-state index in [4.69, 9.17) is 37.3 Å². The molecule has 3 aliphatic rings. The number of hydrogen-bond donors (Lipinski definition) is 9. The molecule has 0 radical (unpaired) electrons. The van der Waals surface area contributed by atoms with Crippen molar-refractivity contribution >= 4 is 45.1 Å². The van der Waals surface area contributed by atoms with Gasteiger partial charge in [-0.3, -0.25) is 9.59 Å². The number of aliphatic hydroxyl groups excluding tert-OH is 4. The van der Waals surface area contributed by atoms with Crippen LogP contribution in [0.2, 0.25) is 0 Å². The fourth-order valence-electron chi connectivity index (χ4n) is 7.97. The van der Waals surface area contributed by atoms with Crippen LogP contribution in [-0.4, -0.2) is 123 Å². The molecule has 21 heteroatoms. The molecular formula is C41H47N3O18. The zero-order valence-corrected chi connectivity index (χ0v) is 34.4. The molecule has 9 N–H and O–H groups in total. The van der Waals surface area contributed by atoms with Gasteiger partial charge in [-0.15, -0.1) is 0 Å². The van der Waals surface area contributed by atoms with Crippen LogP contribution in [0.1, 0.15) is 34.6 Å². The minimum atomic E-state index is -1.51. The van der Waals surface area contributed by atoms with Gasteiger partial charge in [0, 0.05) is 44.0 Å². The van der Waals surface area contributed by atoms with Gasteiger partial charge in [-0.05, 0) is 52.0 Å². The van der Waals surface area contributed by atoms with E-state index < -0.39 is 118 Å². The first kappa shape index (κ1) is 44.3. The predicted octanol–water partition coefficient (Wildman–Crippen LogP) is 0.881. The average Bonchev–Trinajstić information content (AvgIpc) is 3.59. The molecular weight excluding hydrogens is 822 g/mol. The van der Waals surface area contributed by atoms with E-state index in [1.165, 1.54) is 63.7 Å². The number of aliphatic hydroxyl groups is 4. The fraction of sp³-hybridized carbons (Fsp3) is 0.463. The van der Waals surface area contributed by atoms with Gasteiger partial charge in [0.15, 0.2) is 22.9 Å². The van der Waals surface area contributed by atoms with Crippen molar-refractivity contribution in [3.8, 4) is 23.0 Å². The second kappa shape index (κ2) is 16.5. The number of carbonyl (C=O) groups is 2. The number of rotatable bonds is 10. The smallest absolute Gasteiger partial charge is 0.364 e. The summed E-state index contributed by atoms with van der Waals surface area (Å²) >= 11 is 0. The summed E-state index contributed by atoms with van der Waals surface area (Å²) in [6.07, 6.45) is -8.90. The number of ether oxygens (including phenoxy) is 6. The lowest BCUT2D eigenvalue weighted by molar-refractivity contribution is -0.306. The van der Waals surface area contributed by atoms with Gasteiger partial charge in [-0.25, -0.2) is 9.59 Å². The third-order valence-electron chi connectivity index (χ3n) is 11.2. The first-order valence-corrected chi connectivity index (χ1v) is 19.3. The van der Waals surface area contributed by atoms with Crippen molar-refractivity contribution in [2.45, 2.75) is 101 Å². The number of benzene rings is 2. The number of fused-ring (bicyclic) bond motifs is 2. The molecule has 2 fully saturated rings. The Balaban J connectivity index is 1.01. The van der Waals surface area contributed by atoms with Crippen molar-refractivity contribution in [1.29, 1.82) is 0 Å². The van der Waals surface area contributed by atoms with Crippen molar-refractivity contribution in [1.82, 2.24) is 5.32 Å². The lowest BCUT2D eigenvalue weighted by Gasteiger charge is -2.46. The van der Waals surface area contributed by atoms with Gasteiger partial charge in [-0.1, -0.05) is 6.92 Å². The van der Waals surface area contributed by atoms with E-state index in [9.17, 15) is 49.8 Å². The second-order valence-electron chi connectivity index (χ2n) is 16.2. The number of nitrogens with one attached hydrogen (secondary N) is 3. The summed E-state index contributed by atoms with van der Waals surface area (Å²) in [4.78, 5) is 53.0. The van der Waals surface area contributed by atoms with Gasteiger partial charge >= 0.3 is 11.3 Å². The molecule has 334 valence electrons. The van der Waals surface area contributed by atoms with Crippen LogP contribution in [0, 0.1) is 5.92 Å². The molecule has 7 rings (SSSR count). The highest BCUT2D eigenvalue weighted by Crippen LogP contribution is 2.38. The minimum Gasteiger partial charge on any atom is -0.505 e. The zero-order chi connectivity index (χ0) is 45.2. The Hall–Kier alpha value is -5.78. The monoisotopic (exact) mass is 869 g/mol. The topological polar surface area (TPSA) is 307 Å². The molecule has 2 amide bonds. The van der Waals surface area contributed by atoms with Crippen LogP contribution in [0.4, 0.5) is 11.4 Å². The molecule has 2 unspecified atom stereocenters. The maximum absolute atomic E-state index is 13.5. The Bertz CT molecular complexity index is 2550. The van der Waals surface area contributed by atoms with Gasteiger partial charge in [0.1, 0.15) is 65.3 Å². The summed E-state index contributed by atoms with van der Waals surface area (Å²) in [5.41, 5.74) is -5.91. The third kappa shape index (κ3) is 7.92. The summed E-state index contributed by atoms with van der Waals surface area (Å²) in [5, 5.41) is 71.8. The lowest BCUT2D eigenvalue weighted by atomic mass is 9.89. The van der Waals surface area contributed by atoms with E-state index in [2.05, 4.69) is 16.0 Å². The normalized spacial score (nSPS) is 29.1. The first-order chi connectivity index (χ1) is 29.2. The summed E-state index contributed by atoms with van der Waals surface area (Å²) in [6.45, 7) is 8.10. The predicted molar refractivity (Wildman–Crippen MR) is 215 cm³/mol. The van der Waals surface area contributed by atoms with Crippen molar-refractivity contribution in [2.24, 2.45) is 5.92 Å². The fourth-order valence-corrected chi connectivity index (χ4v) is 7.97. The second-order valence-corrected chi connectivity index (χ2v) is 16.2. The number of carbonyl (C=O) groups excluding carboxylic acids is 2. The van der Waals surface area contributed by atoms with Crippen LogP contribution >= 0.6 is 0 Å². The molecule has 0 saturated carbocycles. The molecule has 5 heterocycles. The summed E-state index contributed by atoms with van der Waals surface area (Å²) in [6, 6.07) is 6.76. The number of methoxy groups -OCH3 is 2. The highest BCUT2D eigenvalue weighted by atomic mass is 16.7. The van der Waals surface area contributed by atoms with E-state index in [1.54, 1.807) is 27.7 Å². The highest BCUT2D eigenvalue weighted by molar-refractivity contribution is 6.08. The van der Waals surface area contributed by atoms with E-state index in [1.807, 2.05) is 0 Å². The summed E-state index contributed by atoms with van der Waals surface area (Å²) in [7, 11) is 2.74. The lowest BCUT2D eigenvalue weighted by Crippen LogP contribution is -2.63. The van der Waals surface area contributed by atoms with Gasteiger partial charge in [-0.2, -0.15) is 0 Å². The summed E-state index contributed by atoms with van der Waals surface area (Å²) < 4.78 is 44.5. The molecule has 0 spiro atoms. The Morgan fingerprint density at radius 1 is 0.694 bits per heavy atom. The quantitative estimate of drug-likeness (QED) is 0.0999. The molecule has 21 nitrogen and oxygen atoms in total. The molecule has 62 heavy (non-hydrogen) atoms. The number of aromatic hydroxyl groups is 2. The highest BCUT2D eigenvalue weighted by Gasteiger charge is 2.52. The molecule has 2 saturated heterocycles. The van der Waals surface area contributed by atoms with Crippen LogP contribution in [0.5, 0.6) is 23.0 Å². The third-order valence-corrected chi connectivity index (χ3v) is 11.2. The van der Waals surface area contributed by atoms with E-state index in [0.717, 1.165) is 0 Å². The van der Waals surface area contributed by atoms with Gasteiger partial charge in [0.2, 0.25) is 18.5 Å². The van der Waals surface area contributed by atoms with E-state index in [0.29, 0.717) is 0 Å². The number of hydrogen-bond acceptors (Lipinski definition) is 19. The van der Waals surface area contributed by atoms with E-state index >= 15 is 0 Å². The molecule has 10 atom stereocenters. The largest absolute Gasteiger partial charge is 0.505 e. The van der Waals surface area contributed by atoms with Gasteiger partial charge in [0.25, 0.3) is 5.91 Å². The molecule has 2 aromatic heterocycles. The first-order valence-electron chi connectivity index (χ1n) is 19.3. The SMILES string of the molecule is CO[C@@H]1[C@@H](O)[C@@H](O)[C@H](Oc2ccc3c(O)c(NC(=O)C4=CNC(C(=O)Nc5c(O)c6ccc(O[C@@H]7OC(C)(C)[C@H](OC)[C@@H](O)[C@H]7O)cc6oc5=O)C4C)c(=O)oc3c2)OC1(C)C. The molecule has 2 aromatic carbocycles. The van der Waals surface area contributed by atoms with E-state index in [-0.39, 0.29) is 39.0 Å². The zero-order valence-electron chi connectivity index (χ0n) is 34.4. The van der Waals surface area contributed by atoms with Crippen LogP contribution in [0.15, 0.2) is 66.6 Å². The van der Waals surface area contributed by atoms with Crippen LogP contribution in [0.3, 0.4) is 0 Å². The summed E-state index contributed by atoms with van der Waals surface area (Å²) in [5.74, 6) is -3.79. The molecule has 3 aliphatic heterocycles. The molecule has 0 bridgehead atoms. The van der Waals surface area contributed by atoms with Crippen LogP contribution in [-0.2, 0) is 28.5 Å². The number of anilines is 2. The molecule has 4 aromatic rings. The van der Waals surface area contributed by atoms with Crippen molar-refractivity contribution in [3.05, 3.63) is 69.0 Å². The number of amides is 2. The van der Waals surface area contributed by atoms with Crippen molar-refractivity contribution in [2.75, 3.05) is 24.9 Å². The van der Waals surface area contributed by atoms with Gasteiger partial charge in [0.05, 0.1) is 22.0 Å². The Labute approximate surface area is 351 Å². The van der Waals surface area contributed by atoms with Crippen molar-refractivity contribution in [3.63, 3.8) is 0 Å². The Morgan fingerprint density at radius 3 is 1.56 bits per heavy atom. The van der Waals surface area contributed by atoms with Crippen LogP contribution in [0.25, 0.3) is 21.9 Å². The average molecular weight is 870 g/mol. The van der Waals surface area contributed by atoms with Gasteiger partial charge < -0.3 is 83.8 Å². The Morgan fingerprint density at radius 2 is 1.13 bits per heavy atom.